The van der Waals surface area contributed by atoms with E-state index in [-0.39, 0.29) is 11.5 Å². The van der Waals surface area contributed by atoms with Gasteiger partial charge in [-0.3, -0.25) is 20.2 Å². The molecule has 8 nitrogen and oxygen atoms in total. The van der Waals surface area contributed by atoms with Crippen LogP contribution in [0.2, 0.25) is 0 Å². The van der Waals surface area contributed by atoms with Crippen LogP contribution < -0.4 is 5.32 Å². The minimum atomic E-state index is -0.520. The molecule has 0 radical (unpaired) electrons. The number of hydrogen-bond donors (Lipinski definition) is 2. The molecule has 0 unspecified atom stereocenters. The Labute approximate surface area is 196 Å². The van der Waals surface area contributed by atoms with Crippen molar-refractivity contribution < 1.29 is 13.9 Å². The highest BCUT2D eigenvalue weighted by Gasteiger charge is 2.12. The molecule has 34 heavy (non-hydrogen) atoms. The van der Waals surface area contributed by atoms with Crippen LogP contribution in [0.4, 0.5) is 10.1 Å². The maximum Gasteiger partial charge on any atom is 0.255 e. The van der Waals surface area contributed by atoms with Crippen molar-refractivity contribution >= 4 is 17.5 Å². The number of rotatable bonds is 7. The molecule has 2 N–H and O–H groups in total. The molecule has 9 heteroatoms. The number of anilines is 1. The molecular formula is C25H23FN6O2. The van der Waals surface area contributed by atoms with Crippen molar-refractivity contribution in [1.82, 2.24) is 19.5 Å². The van der Waals surface area contributed by atoms with Crippen molar-refractivity contribution in [3.63, 3.8) is 0 Å². The van der Waals surface area contributed by atoms with Crippen molar-refractivity contribution in [2.24, 2.45) is 0 Å². The first-order valence-corrected chi connectivity index (χ1v) is 10.7. The van der Waals surface area contributed by atoms with Crippen LogP contribution in [0.3, 0.4) is 0 Å². The number of aromatic nitrogens is 4. The quantitative estimate of drug-likeness (QED) is 0.311. The number of benzene rings is 1. The van der Waals surface area contributed by atoms with Gasteiger partial charge in [-0.2, -0.15) is 0 Å². The number of nitrogens with zero attached hydrogens (tertiary/aromatic N) is 4. The second-order valence-electron chi connectivity index (χ2n) is 7.58. The fraction of sp³-hybridized carbons (Fsp3) is 0.160. The Morgan fingerprint density at radius 2 is 2.00 bits per heavy atom. The third-order valence-corrected chi connectivity index (χ3v) is 4.95. The second kappa shape index (κ2) is 10.0. The van der Waals surface area contributed by atoms with Crippen molar-refractivity contribution in [1.29, 1.82) is 5.41 Å². The molecule has 4 rings (SSSR count). The van der Waals surface area contributed by atoms with Crippen molar-refractivity contribution in [3.8, 4) is 16.9 Å². The molecule has 0 aliphatic rings. The SMILES string of the molecule is CCOC(=N)Cc1ccc(-c2cc(NC(=O)c3cc(F)cc(-n4cnc(C)c4)c3)ccn2)cn1. The van der Waals surface area contributed by atoms with Gasteiger partial charge in [-0.25, -0.2) is 9.37 Å². The molecule has 3 heterocycles. The fourth-order valence-electron chi connectivity index (χ4n) is 3.36. The molecule has 0 fully saturated rings. The average Bonchev–Trinajstić information content (AvgIpc) is 3.26. The lowest BCUT2D eigenvalue weighted by atomic mass is 10.1. The third-order valence-electron chi connectivity index (χ3n) is 4.95. The van der Waals surface area contributed by atoms with Crippen molar-refractivity contribution in [2.75, 3.05) is 11.9 Å². The molecule has 0 aliphatic heterocycles. The summed E-state index contributed by atoms with van der Waals surface area (Å²) >= 11 is 0. The van der Waals surface area contributed by atoms with Gasteiger partial charge in [-0.1, -0.05) is 0 Å². The molecule has 3 aromatic heterocycles. The Balaban J connectivity index is 1.50. The molecular weight excluding hydrogens is 435 g/mol. The number of imidazole rings is 1. The minimum Gasteiger partial charge on any atom is -0.481 e. The Bertz CT molecular complexity index is 1330. The normalized spacial score (nSPS) is 10.7. The number of hydrogen-bond acceptors (Lipinski definition) is 6. The molecule has 4 aromatic rings. The first-order chi connectivity index (χ1) is 16.4. The average molecular weight is 458 g/mol. The van der Waals surface area contributed by atoms with Gasteiger partial charge in [0.25, 0.3) is 5.91 Å². The summed E-state index contributed by atoms with van der Waals surface area (Å²) in [6.45, 7) is 4.11. The zero-order valence-electron chi connectivity index (χ0n) is 18.7. The summed E-state index contributed by atoms with van der Waals surface area (Å²) in [7, 11) is 0. The summed E-state index contributed by atoms with van der Waals surface area (Å²) in [5.74, 6) is -0.806. The third kappa shape index (κ3) is 5.50. The standard InChI is InChI=1S/C25H23FN6O2/c1-3-34-24(27)12-20-5-4-17(13-29-20)23-11-21(6-7-28-23)31-25(33)18-8-19(26)10-22(9-18)32-14-16(2)30-15-32/h4-11,13-15,27H,3,12H2,1-2H3,(H,28,31,33). The topological polar surface area (TPSA) is 106 Å². The Kier molecular flexibility index (Phi) is 6.72. The smallest absolute Gasteiger partial charge is 0.255 e. The Hall–Kier alpha value is -4.40. The number of aryl methyl sites for hydroxylation is 1. The van der Waals surface area contributed by atoms with Gasteiger partial charge in [0, 0.05) is 41.1 Å². The van der Waals surface area contributed by atoms with E-state index in [1.165, 1.54) is 12.1 Å². The van der Waals surface area contributed by atoms with Crippen LogP contribution in [0.15, 0.2) is 67.4 Å². The van der Waals surface area contributed by atoms with Gasteiger partial charge in [0.05, 0.1) is 36.4 Å². The zero-order chi connectivity index (χ0) is 24.1. The van der Waals surface area contributed by atoms with Gasteiger partial charge in [0.15, 0.2) is 5.90 Å². The summed E-state index contributed by atoms with van der Waals surface area (Å²) in [6, 6.07) is 11.2. The predicted molar refractivity (Wildman–Crippen MR) is 127 cm³/mol. The maximum absolute atomic E-state index is 14.2. The monoisotopic (exact) mass is 458 g/mol. The van der Waals surface area contributed by atoms with Crippen LogP contribution in [0, 0.1) is 18.2 Å². The molecule has 0 bridgehead atoms. The molecule has 172 valence electrons. The van der Waals surface area contributed by atoms with E-state index < -0.39 is 11.7 Å². The van der Waals surface area contributed by atoms with E-state index in [0.717, 1.165) is 11.3 Å². The first kappa shape index (κ1) is 22.8. The van der Waals surface area contributed by atoms with Crippen molar-refractivity contribution in [3.05, 3.63) is 90.2 Å². The van der Waals surface area contributed by atoms with Crippen LogP contribution in [-0.2, 0) is 11.2 Å². The van der Waals surface area contributed by atoms with Gasteiger partial charge >= 0.3 is 0 Å². The van der Waals surface area contributed by atoms with Gasteiger partial charge in [-0.05, 0) is 56.3 Å². The van der Waals surface area contributed by atoms with E-state index in [9.17, 15) is 9.18 Å². The van der Waals surface area contributed by atoms with Gasteiger partial charge < -0.3 is 14.6 Å². The summed E-state index contributed by atoms with van der Waals surface area (Å²) in [6.07, 6.45) is 6.87. The summed E-state index contributed by atoms with van der Waals surface area (Å²) < 4.78 is 21.0. The molecule has 0 spiro atoms. The number of carbonyl (C=O) groups is 1. The molecule has 1 amide bonds. The van der Waals surface area contributed by atoms with Gasteiger partial charge in [0.1, 0.15) is 5.82 Å². The minimum absolute atomic E-state index is 0.161. The van der Waals surface area contributed by atoms with Crippen LogP contribution in [0.1, 0.15) is 28.7 Å². The first-order valence-electron chi connectivity index (χ1n) is 10.7. The zero-order valence-corrected chi connectivity index (χ0v) is 18.7. The number of ether oxygens (including phenoxy) is 1. The lowest BCUT2D eigenvalue weighted by Gasteiger charge is -2.10. The number of halogens is 1. The highest BCUT2D eigenvalue weighted by Crippen LogP contribution is 2.21. The Morgan fingerprint density at radius 3 is 2.71 bits per heavy atom. The molecule has 0 atom stereocenters. The van der Waals surface area contributed by atoms with E-state index in [1.54, 1.807) is 47.7 Å². The molecule has 1 aromatic carbocycles. The van der Waals surface area contributed by atoms with E-state index in [2.05, 4.69) is 20.3 Å². The Morgan fingerprint density at radius 1 is 1.15 bits per heavy atom. The molecule has 0 saturated heterocycles. The highest BCUT2D eigenvalue weighted by molar-refractivity contribution is 6.04. The fourth-order valence-corrected chi connectivity index (χ4v) is 3.36. The second-order valence-corrected chi connectivity index (χ2v) is 7.58. The lowest BCUT2D eigenvalue weighted by molar-refractivity contribution is 0.102. The summed E-state index contributed by atoms with van der Waals surface area (Å²) in [5, 5.41) is 10.5. The van der Waals surface area contributed by atoms with E-state index in [0.29, 0.717) is 35.8 Å². The van der Waals surface area contributed by atoms with E-state index in [1.807, 2.05) is 26.0 Å². The van der Waals surface area contributed by atoms with Crippen molar-refractivity contribution in [2.45, 2.75) is 20.3 Å². The molecule has 0 saturated carbocycles. The van der Waals surface area contributed by atoms with Crippen LogP contribution in [0.5, 0.6) is 0 Å². The number of pyridine rings is 2. The van der Waals surface area contributed by atoms with Crippen LogP contribution in [0.25, 0.3) is 16.9 Å². The number of carbonyl (C=O) groups excluding carboxylic acids is 1. The van der Waals surface area contributed by atoms with Gasteiger partial charge in [0.2, 0.25) is 0 Å². The van der Waals surface area contributed by atoms with E-state index >= 15 is 0 Å². The van der Waals surface area contributed by atoms with Crippen LogP contribution >= 0.6 is 0 Å². The summed E-state index contributed by atoms with van der Waals surface area (Å²) in [4.78, 5) is 25.7. The van der Waals surface area contributed by atoms with E-state index in [4.69, 9.17) is 10.1 Å². The lowest BCUT2D eigenvalue weighted by Crippen LogP contribution is -2.13. The summed E-state index contributed by atoms with van der Waals surface area (Å²) in [5.41, 5.74) is 4.07. The maximum atomic E-state index is 14.2. The number of nitrogens with one attached hydrogen (secondary N) is 2. The largest absolute Gasteiger partial charge is 0.481 e. The van der Waals surface area contributed by atoms with Crippen LogP contribution in [-0.4, -0.2) is 37.9 Å². The number of amides is 1. The predicted octanol–water partition coefficient (Wildman–Crippen LogP) is 4.59. The highest BCUT2D eigenvalue weighted by atomic mass is 19.1. The molecule has 0 aliphatic carbocycles. The van der Waals surface area contributed by atoms with Gasteiger partial charge in [-0.15, -0.1) is 0 Å².